The number of likely N-dealkylation sites (tertiary alicyclic amines) is 1. The van der Waals surface area contributed by atoms with Crippen LogP contribution in [0.3, 0.4) is 0 Å². The third-order valence-electron chi connectivity index (χ3n) is 4.48. The normalized spacial score (nSPS) is 28.2. The highest BCUT2D eigenvalue weighted by molar-refractivity contribution is 4.86. The Morgan fingerprint density at radius 2 is 2.06 bits per heavy atom. The first-order valence-corrected chi connectivity index (χ1v) is 7.78. The third kappa shape index (κ3) is 4.26. The van der Waals surface area contributed by atoms with Gasteiger partial charge in [0.1, 0.15) is 0 Å². The van der Waals surface area contributed by atoms with Gasteiger partial charge in [0.05, 0.1) is 0 Å². The van der Waals surface area contributed by atoms with Crippen molar-refractivity contribution in [2.45, 2.75) is 70.9 Å². The van der Waals surface area contributed by atoms with Crippen LogP contribution in [0.5, 0.6) is 0 Å². The minimum atomic E-state index is 0.675. The van der Waals surface area contributed by atoms with Crippen molar-refractivity contribution >= 4 is 0 Å². The van der Waals surface area contributed by atoms with Crippen molar-refractivity contribution in [3.63, 3.8) is 0 Å². The van der Waals surface area contributed by atoms with E-state index in [4.69, 9.17) is 0 Å². The summed E-state index contributed by atoms with van der Waals surface area (Å²) in [7, 11) is 0. The molecule has 1 aliphatic carbocycles. The molecule has 2 aliphatic rings. The fourth-order valence-electron chi connectivity index (χ4n) is 3.12. The molecule has 1 heterocycles. The molecule has 0 amide bonds. The predicted molar refractivity (Wildman–Crippen MR) is 74.3 cm³/mol. The van der Waals surface area contributed by atoms with Crippen molar-refractivity contribution in [1.82, 2.24) is 10.2 Å². The Balaban J connectivity index is 1.77. The molecule has 2 rings (SSSR count). The highest BCUT2D eigenvalue weighted by Crippen LogP contribution is 2.33. The number of hydrogen-bond acceptors (Lipinski definition) is 2. The second-order valence-electron chi connectivity index (χ2n) is 6.07. The number of rotatable bonds is 7. The highest BCUT2D eigenvalue weighted by Gasteiger charge is 2.29. The van der Waals surface area contributed by atoms with Gasteiger partial charge in [-0.25, -0.2) is 0 Å². The first-order valence-electron chi connectivity index (χ1n) is 7.78. The summed E-state index contributed by atoms with van der Waals surface area (Å²) in [6.45, 7) is 8.51. The lowest BCUT2D eigenvalue weighted by molar-refractivity contribution is 0.116. The molecule has 0 aromatic carbocycles. The van der Waals surface area contributed by atoms with Crippen molar-refractivity contribution < 1.29 is 0 Å². The van der Waals surface area contributed by atoms with Gasteiger partial charge in [-0.3, -0.25) is 4.90 Å². The lowest BCUT2D eigenvalue weighted by Crippen LogP contribution is -2.51. The Morgan fingerprint density at radius 3 is 2.76 bits per heavy atom. The van der Waals surface area contributed by atoms with Gasteiger partial charge < -0.3 is 5.32 Å². The number of hydrogen-bond donors (Lipinski definition) is 1. The fraction of sp³-hybridized carbons (Fsp3) is 1.00. The zero-order valence-corrected chi connectivity index (χ0v) is 11.8. The van der Waals surface area contributed by atoms with E-state index in [0.29, 0.717) is 6.04 Å². The second-order valence-corrected chi connectivity index (χ2v) is 6.07. The molecule has 100 valence electrons. The van der Waals surface area contributed by atoms with Crippen molar-refractivity contribution in [3.05, 3.63) is 0 Å². The molecule has 0 bridgehead atoms. The average Bonchev–Trinajstić information content (AvgIpc) is 3.18. The first-order chi connectivity index (χ1) is 8.31. The summed E-state index contributed by atoms with van der Waals surface area (Å²) < 4.78 is 0. The van der Waals surface area contributed by atoms with Crippen LogP contribution in [0.4, 0.5) is 0 Å². The molecule has 0 aromatic rings. The first kappa shape index (κ1) is 13.4. The Kier molecular flexibility index (Phi) is 5.30. The minimum absolute atomic E-state index is 0.675. The third-order valence-corrected chi connectivity index (χ3v) is 4.48. The zero-order valence-electron chi connectivity index (χ0n) is 11.8. The van der Waals surface area contributed by atoms with Crippen molar-refractivity contribution in [2.24, 2.45) is 5.92 Å². The Bertz CT molecular complexity index is 213. The van der Waals surface area contributed by atoms with Gasteiger partial charge in [0.2, 0.25) is 0 Å². The number of nitrogens with one attached hydrogen (secondary N) is 1. The summed E-state index contributed by atoms with van der Waals surface area (Å²) in [6, 6.07) is 1.48. The zero-order chi connectivity index (χ0) is 12.1. The molecular formula is C15H30N2. The van der Waals surface area contributed by atoms with E-state index < -0.39 is 0 Å². The topological polar surface area (TPSA) is 15.3 Å². The molecule has 1 N–H and O–H groups in total. The van der Waals surface area contributed by atoms with Gasteiger partial charge in [0.15, 0.2) is 0 Å². The quantitative estimate of drug-likeness (QED) is 0.733. The lowest BCUT2D eigenvalue weighted by Gasteiger charge is -2.39. The van der Waals surface area contributed by atoms with E-state index in [1.54, 1.807) is 0 Å². The maximum atomic E-state index is 3.69. The molecule has 17 heavy (non-hydrogen) atoms. The second kappa shape index (κ2) is 6.75. The molecular weight excluding hydrogens is 208 g/mol. The van der Waals surface area contributed by atoms with Gasteiger partial charge in [0, 0.05) is 12.1 Å². The van der Waals surface area contributed by atoms with Crippen LogP contribution >= 0.6 is 0 Å². The van der Waals surface area contributed by atoms with Crippen LogP contribution in [-0.2, 0) is 0 Å². The molecule has 0 radical (unpaired) electrons. The maximum Gasteiger partial charge on any atom is 0.0246 e. The van der Waals surface area contributed by atoms with Gasteiger partial charge in [-0.2, -0.15) is 0 Å². The van der Waals surface area contributed by atoms with E-state index in [9.17, 15) is 0 Å². The van der Waals surface area contributed by atoms with Crippen LogP contribution in [0.25, 0.3) is 0 Å². The Labute approximate surface area is 107 Å². The molecule has 2 atom stereocenters. The predicted octanol–water partition coefficient (Wildman–Crippen LogP) is 3.03. The molecule has 1 saturated heterocycles. The molecule has 2 heteroatoms. The number of nitrogens with zero attached hydrogens (tertiary/aromatic N) is 1. The van der Waals surface area contributed by atoms with Crippen LogP contribution in [0.15, 0.2) is 0 Å². The summed E-state index contributed by atoms with van der Waals surface area (Å²) in [6.07, 6.45) is 9.97. The van der Waals surface area contributed by atoms with E-state index >= 15 is 0 Å². The van der Waals surface area contributed by atoms with Crippen LogP contribution in [-0.4, -0.2) is 36.6 Å². The monoisotopic (exact) mass is 238 g/mol. The molecule has 1 aliphatic heterocycles. The van der Waals surface area contributed by atoms with E-state index in [1.807, 2.05) is 0 Å². The van der Waals surface area contributed by atoms with Gasteiger partial charge >= 0.3 is 0 Å². The van der Waals surface area contributed by atoms with Crippen LogP contribution in [0.1, 0.15) is 58.8 Å². The number of piperidine rings is 1. The van der Waals surface area contributed by atoms with E-state index in [0.717, 1.165) is 12.0 Å². The lowest BCUT2D eigenvalue weighted by atomic mass is 9.96. The van der Waals surface area contributed by atoms with Crippen LogP contribution < -0.4 is 5.32 Å². The van der Waals surface area contributed by atoms with Gasteiger partial charge in [-0.05, 0) is 58.2 Å². The van der Waals surface area contributed by atoms with Crippen LogP contribution in [0, 0.1) is 5.92 Å². The molecule has 2 unspecified atom stereocenters. The Morgan fingerprint density at radius 1 is 1.24 bits per heavy atom. The van der Waals surface area contributed by atoms with Crippen molar-refractivity contribution in [1.29, 1.82) is 0 Å². The fourth-order valence-corrected chi connectivity index (χ4v) is 3.12. The van der Waals surface area contributed by atoms with Crippen molar-refractivity contribution in [2.75, 3.05) is 19.6 Å². The molecule has 0 aromatic heterocycles. The van der Waals surface area contributed by atoms with Crippen LogP contribution in [0.2, 0.25) is 0 Å². The van der Waals surface area contributed by atoms with E-state index in [1.165, 1.54) is 64.6 Å². The molecule has 2 fully saturated rings. The smallest absolute Gasteiger partial charge is 0.0246 e. The largest absolute Gasteiger partial charge is 0.313 e. The van der Waals surface area contributed by atoms with Crippen molar-refractivity contribution in [3.8, 4) is 0 Å². The van der Waals surface area contributed by atoms with Gasteiger partial charge in [0.25, 0.3) is 0 Å². The minimum Gasteiger partial charge on any atom is -0.313 e. The summed E-state index contributed by atoms with van der Waals surface area (Å²) in [5, 5.41) is 3.69. The highest BCUT2D eigenvalue weighted by atomic mass is 15.2. The summed E-state index contributed by atoms with van der Waals surface area (Å²) in [5.74, 6) is 1.08. The maximum absolute atomic E-state index is 3.69. The SMILES string of the molecule is CCCNC(C)C1CCCCN1CCC1CC1. The van der Waals surface area contributed by atoms with Gasteiger partial charge in [-0.1, -0.05) is 26.2 Å². The molecule has 0 spiro atoms. The average molecular weight is 238 g/mol. The molecule has 2 nitrogen and oxygen atoms in total. The Hall–Kier alpha value is -0.0800. The summed E-state index contributed by atoms with van der Waals surface area (Å²) in [4.78, 5) is 2.77. The van der Waals surface area contributed by atoms with E-state index in [-0.39, 0.29) is 0 Å². The van der Waals surface area contributed by atoms with Gasteiger partial charge in [-0.15, -0.1) is 0 Å². The molecule has 1 saturated carbocycles. The van der Waals surface area contributed by atoms with E-state index in [2.05, 4.69) is 24.1 Å². The standard InChI is InChI=1S/C15H30N2/c1-3-10-16-13(2)15-6-4-5-11-17(15)12-9-14-7-8-14/h13-16H,3-12H2,1-2H3. The summed E-state index contributed by atoms with van der Waals surface area (Å²) >= 11 is 0. The summed E-state index contributed by atoms with van der Waals surface area (Å²) in [5.41, 5.74) is 0.